The van der Waals surface area contributed by atoms with Gasteiger partial charge in [-0.05, 0) is 12.1 Å². The van der Waals surface area contributed by atoms with Crippen molar-refractivity contribution < 1.29 is 12.8 Å². The molecule has 0 saturated carbocycles. The summed E-state index contributed by atoms with van der Waals surface area (Å²) in [5.74, 6) is -0.620. The van der Waals surface area contributed by atoms with Crippen molar-refractivity contribution in [2.75, 3.05) is 0 Å². The van der Waals surface area contributed by atoms with Crippen molar-refractivity contribution in [1.29, 1.82) is 0 Å². The van der Waals surface area contributed by atoms with Crippen molar-refractivity contribution in [3.05, 3.63) is 41.3 Å². The van der Waals surface area contributed by atoms with Gasteiger partial charge in [-0.1, -0.05) is 28.6 Å². The van der Waals surface area contributed by atoms with Gasteiger partial charge in [0.25, 0.3) is 9.05 Å². The number of nitrogens with zero attached hydrogens (tertiary/aromatic N) is 1. The third-order valence-corrected chi connectivity index (χ3v) is 4.01. The molecule has 18 heavy (non-hydrogen) atoms. The van der Waals surface area contributed by atoms with E-state index in [0.717, 1.165) is 0 Å². The molecule has 2 rings (SSSR count). The van der Waals surface area contributed by atoms with Gasteiger partial charge in [0.15, 0.2) is 0 Å². The first-order chi connectivity index (χ1) is 8.30. The summed E-state index contributed by atoms with van der Waals surface area (Å²) in [7, 11) is 1.32. The second-order valence-corrected chi connectivity index (χ2v) is 7.37. The van der Waals surface area contributed by atoms with Crippen LogP contribution in [0.3, 0.4) is 0 Å². The highest BCUT2D eigenvalue weighted by Crippen LogP contribution is 2.30. The van der Waals surface area contributed by atoms with Gasteiger partial charge in [-0.25, -0.2) is 12.8 Å². The van der Waals surface area contributed by atoms with E-state index >= 15 is 0 Å². The third kappa shape index (κ3) is 2.46. The van der Waals surface area contributed by atoms with Crippen molar-refractivity contribution in [2.24, 2.45) is 0 Å². The minimum Gasteiger partial charge on any atom is -0.341 e. The average Bonchev–Trinajstić information content (AvgIpc) is 2.57. The summed E-state index contributed by atoms with van der Waals surface area (Å²) in [6, 6.07) is 4.33. The standard InChI is InChI=1S/C11H8BrClFNO2S/c1-7(12)5-15-6-10(18(13,16)17)11-8(14)3-2-4-9(11)15/h2-4,6H,1,5H2. The Balaban J connectivity index is 2.84. The SMILES string of the molecule is C=C(Br)Cn1cc(S(=O)(=O)Cl)c2c(F)cccc21. The van der Waals surface area contributed by atoms with Crippen LogP contribution in [0.2, 0.25) is 0 Å². The van der Waals surface area contributed by atoms with Crippen molar-refractivity contribution in [2.45, 2.75) is 11.4 Å². The molecule has 1 heterocycles. The molecule has 0 saturated heterocycles. The summed E-state index contributed by atoms with van der Waals surface area (Å²) in [5.41, 5.74) is 0.454. The van der Waals surface area contributed by atoms with Crippen molar-refractivity contribution in [3.63, 3.8) is 0 Å². The number of allylic oxidation sites excluding steroid dienone is 1. The molecular weight excluding hydrogens is 345 g/mol. The Bertz CT molecular complexity index is 739. The van der Waals surface area contributed by atoms with E-state index in [0.29, 0.717) is 16.5 Å². The molecule has 1 aromatic carbocycles. The van der Waals surface area contributed by atoms with E-state index in [2.05, 4.69) is 22.5 Å². The summed E-state index contributed by atoms with van der Waals surface area (Å²) < 4.78 is 38.9. The highest BCUT2D eigenvalue weighted by molar-refractivity contribution is 9.11. The van der Waals surface area contributed by atoms with Gasteiger partial charge in [0.2, 0.25) is 0 Å². The molecule has 0 bridgehead atoms. The molecule has 0 spiro atoms. The van der Waals surface area contributed by atoms with Gasteiger partial charge >= 0.3 is 0 Å². The third-order valence-electron chi connectivity index (χ3n) is 2.43. The predicted molar refractivity (Wildman–Crippen MR) is 73.0 cm³/mol. The van der Waals surface area contributed by atoms with E-state index in [4.69, 9.17) is 10.7 Å². The van der Waals surface area contributed by atoms with Gasteiger partial charge in [0, 0.05) is 21.4 Å². The van der Waals surface area contributed by atoms with Gasteiger partial charge < -0.3 is 4.57 Å². The number of benzene rings is 1. The predicted octanol–water partition coefficient (Wildman–Crippen LogP) is 3.62. The van der Waals surface area contributed by atoms with Crippen LogP contribution in [-0.4, -0.2) is 13.0 Å². The molecule has 0 amide bonds. The largest absolute Gasteiger partial charge is 0.341 e. The van der Waals surface area contributed by atoms with Gasteiger partial charge in [0.05, 0.1) is 17.4 Å². The number of rotatable bonds is 3. The minimum atomic E-state index is -4.00. The van der Waals surface area contributed by atoms with Crippen LogP contribution in [0.1, 0.15) is 0 Å². The lowest BCUT2D eigenvalue weighted by Crippen LogP contribution is -1.95. The second-order valence-electron chi connectivity index (χ2n) is 3.71. The highest BCUT2D eigenvalue weighted by Gasteiger charge is 2.21. The fourth-order valence-corrected chi connectivity index (χ4v) is 3.09. The zero-order chi connectivity index (χ0) is 13.5. The molecule has 0 unspecified atom stereocenters. The Labute approximate surface area is 116 Å². The van der Waals surface area contributed by atoms with E-state index in [1.807, 2.05) is 0 Å². The molecule has 7 heteroatoms. The van der Waals surface area contributed by atoms with E-state index < -0.39 is 14.9 Å². The van der Waals surface area contributed by atoms with Crippen LogP contribution in [0.15, 0.2) is 40.4 Å². The summed E-state index contributed by atoms with van der Waals surface area (Å²) in [5, 5.41) is 0.00116. The lowest BCUT2D eigenvalue weighted by atomic mass is 10.2. The molecule has 0 N–H and O–H groups in total. The lowest BCUT2D eigenvalue weighted by Gasteiger charge is -2.02. The van der Waals surface area contributed by atoms with Crippen molar-refractivity contribution in [3.8, 4) is 0 Å². The smallest absolute Gasteiger partial charge is 0.263 e. The normalized spacial score (nSPS) is 11.9. The highest BCUT2D eigenvalue weighted by atomic mass is 79.9. The summed E-state index contributed by atoms with van der Waals surface area (Å²) >= 11 is 3.18. The summed E-state index contributed by atoms with van der Waals surface area (Å²) in [4.78, 5) is -0.231. The summed E-state index contributed by atoms with van der Waals surface area (Å²) in [6.45, 7) is 4.00. The Hall–Kier alpha value is -0.850. The first-order valence-electron chi connectivity index (χ1n) is 4.86. The number of halogens is 3. The maximum absolute atomic E-state index is 13.8. The molecule has 0 aliphatic heterocycles. The van der Waals surface area contributed by atoms with Crippen LogP contribution >= 0.6 is 26.6 Å². The van der Waals surface area contributed by atoms with Crippen molar-refractivity contribution >= 4 is 46.6 Å². The second kappa shape index (κ2) is 4.68. The number of aromatic nitrogens is 1. The molecule has 1 aromatic heterocycles. The van der Waals surface area contributed by atoms with E-state index in [-0.39, 0.29) is 10.3 Å². The Morgan fingerprint density at radius 1 is 1.50 bits per heavy atom. The Morgan fingerprint density at radius 2 is 2.17 bits per heavy atom. The molecule has 0 aliphatic rings. The quantitative estimate of drug-likeness (QED) is 0.792. The first kappa shape index (κ1) is 13.6. The topological polar surface area (TPSA) is 39.1 Å². The van der Waals surface area contributed by atoms with Gasteiger partial charge in [-0.2, -0.15) is 0 Å². The van der Waals surface area contributed by atoms with Crippen LogP contribution in [-0.2, 0) is 15.6 Å². The lowest BCUT2D eigenvalue weighted by molar-refractivity contribution is 0.607. The van der Waals surface area contributed by atoms with E-state index in [9.17, 15) is 12.8 Å². The Kier molecular flexibility index (Phi) is 3.53. The van der Waals surface area contributed by atoms with Crippen LogP contribution in [0, 0.1) is 5.82 Å². The first-order valence-corrected chi connectivity index (χ1v) is 7.96. The molecule has 0 fully saturated rings. The van der Waals surface area contributed by atoms with E-state index in [1.165, 1.54) is 18.3 Å². The average molecular weight is 353 g/mol. The van der Waals surface area contributed by atoms with E-state index in [1.54, 1.807) is 10.6 Å². The van der Waals surface area contributed by atoms with Gasteiger partial charge in [-0.15, -0.1) is 0 Å². The molecule has 0 atom stereocenters. The molecule has 3 nitrogen and oxygen atoms in total. The molecular formula is C11H8BrClFNO2S. The number of hydrogen-bond donors (Lipinski definition) is 0. The zero-order valence-electron chi connectivity index (χ0n) is 9.03. The Morgan fingerprint density at radius 3 is 2.72 bits per heavy atom. The number of fused-ring (bicyclic) bond motifs is 1. The fraction of sp³-hybridized carbons (Fsp3) is 0.0909. The molecule has 0 radical (unpaired) electrons. The summed E-state index contributed by atoms with van der Waals surface area (Å²) in [6.07, 6.45) is 1.31. The monoisotopic (exact) mass is 351 g/mol. The van der Waals surface area contributed by atoms with Crippen LogP contribution in [0.5, 0.6) is 0 Å². The minimum absolute atomic E-state index is 0.00116. The van der Waals surface area contributed by atoms with Crippen LogP contribution in [0.25, 0.3) is 10.9 Å². The fourth-order valence-electron chi connectivity index (χ4n) is 1.77. The van der Waals surface area contributed by atoms with Gasteiger partial charge in [0.1, 0.15) is 10.7 Å². The van der Waals surface area contributed by atoms with Gasteiger partial charge in [-0.3, -0.25) is 0 Å². The molecule has 2 aromatic rings. The zero-order valence-corrected chi connectivity index (χ0v) is 12.2. The molecule has 96 valence electrons. The maximum atomic E-state index is 13.8. The van der Waals surface area contributed by atoms with Crippen molar-refractivity contribution in [1.82, 2.24) is 4.57 Å². The molecule has 0 aliphatic carbocycles. The van der Waals surface area contributed by atoms with Crippen LogP contribution in [0.4, 0.5) is 4.39 Å². The maximum Gasteiger partial charge on any atom is 0.263 e. The van der Waals surface area contributed by atoms with Crippen LogP contribution < -0.4 is 0 Å². The number of hydrogen-bond acceptors (Lipinski definition) is 2.